The Labute approximate surface area is 116 Å². The zero-order valence-corrected chi connectivity index (χ0v) is 12.0. The summed E-state index contributed by atoms with van der Waals surface area (Å²) in [6.45, 7) is 6.89. The number of halogens is 1. The van der Waals surface area contributed by atoms with Gasteiger partial charge in [-0.15, -0.1) is 6.58 Å². The van der Waals surface area contributed by atoms with E-state index in [9.17, 15) is 0 Å². The summed E-state index contributed by atoms with van der Waals surface area (Å²) in [5.41, 5.74) is 1.19. The number of hydrogen-bond acceptors (Lipinski definition) is 3. The molecule has 0 saturated heterocycles. The topological polar surface area (TPSA) is 30.5 Å². The highest BCUT2D eigenvalue weighted by molar-refractivity contribution is 9.10. The predicted octanol–water partition coefficient (Wildman–Crippen LogP) is 3.28. The van der Waals surface area contributed by atoms with Crippen molar-refractivity contribution in [3.05, 3.63) is 34.8 Å². The van der Waals surface area contributed by atoms with Crippen molar-refractivity contribution in [3.63, 3.8) is 0 Å². The van der Waals surface area contributed by atoms with Gasteiger partial charge in [0.1, 0.15) is 0 Å². The Morgan fingerprint density at radius 3 is 3.00 bits per heavy atom. The summed E-state index contributed by atoms with van der Waals surface area (Å²) in [7, 11) is 0. The molecule has 0 fully saturated rings. The molecule has 0 saturated carbocycles. The highest BCUT2D eigenvalue weighted by Crippen LogP contribution is 2.38. The SMILES string of the molecule is C=CCCNCc1cc(Br)c2c(c1)OCCCO2. The number of rotatable bonds is 5. The van der Waals surface area contributed by atoms with Crippen molar-refractivity contribution in [1.29, 1.82) is 0 Å². The molecule has 3 nitrogen and oxygen atoms in total. The Morgan fingerprint density at radius 2 is 2.17 bits per heavy atom. The molecule has 1 aliphatic heterocycles. The van der Waals surface area contributed by atoms with Gasteiger partial charge < -0.3 is 14.8 Å². The van der Waals surface area contributed by atoms with Crippen molar-refractivity contribution in [1.82, 2.24) is 5.32 Å². The van der Waals surface area contributed by atoms with Crippen molar-refractivity contribution < 1.29 is 9.47 Å². The van der Waals surface area contributed by atoms with E-state index in [1.165, 1.54) is 5.56 Å². The average Bonchev–Trinajstić information content (AvgIpc) is 2.60. The Bertz CT molecular complexity index is 421. The van der Waals surface area contributed by atoms with Crippen molar-refractivity contribution >= 4 is 15.9 Å². The van der Waals surface area contributed by atoms with Gasteiger partial charge in [-0.3, -0.25) is 0 Å². The van der Waals surface area contributed by atoms with Gasteiger partial charge in [-0.2, -0.15) is 0 Å². The van der Waals surface area contributed by atoms with E-state index in [2.05, 4.69) is 33.9 Å². The van der Waals surface area contributed by atoms with E-state index in [4.69, 9.17) is 9.47 Å². The molecule has 0 aromatic heterocycles. The maximum absolute atomic E-state index is 5.70. The minimum absolute atomic E-state index is 0.711. The Balaban J connectivity index is 2.06. The molecule has 2 rings (SSSR count). The molecule has 0 aliphatic carbocycles. The van der Waals surface area contributed by atoms with Crippen LogP contribution in [-0.4, -0.2) is 19.8 Å². The van der Waals surface area contributed by atoms with Crippen LogP contribution in [0.2, 0.25) is 0 Å². The molecule has 1 aromatic rings. The third-order valence-corrected chi connectivity index (χ3v) is 3.31. The van der Waals surface area contributed by atoms with E-state index in [0.29, 0.717) is 13.2 Å². The molecule has 0 spiro atoms. The molecule has 1 aliphatic rings. The van der Waals surface area contributed by atoms with Crippen LogP contribution in [-0.2, 0) is 6.54 Å². The summed E-state index contributed by atoms with van der Waals surface area (Å²) in [6, 6.07) is 4.13. The second kappa shape index (κ2) is 6.81. The van der Waals surface area contributed by atoms with Gasteiger partial charge in [0.2, 0.25) is 0 Å². The number of ether oxygens (including phenoxy) is 2. The van der Waals surface area contributed by atoms with Crippen LogP contribution in [0.25, 0.3) is 0 Å². The first-order valence-corrected chi connectivity index (χ1v) is 7.00. The first kappa shape index (κ1) is 13.4. The van der Waals surface area contributed by atoms with Crippen molar-refractivity contribution in [2.75, 3.05) is 19.8 Å². The molecule has 98 valence electrons. The van der Waals surface area contributed by atoms with E-state index in [0.717, 1.165) is 41.9 Å². The van der Waals surface area contributed by atoms with Crippen LogP contribution in [0.3, 0.4) is 0 Å². The summed E-state index contributed by atoms with van der Waals surface area (Å²) in [4.78, 5) is 0. The molecular formula is C14H18BrNO2. The first-order chi connectivity index (χ1) is 8.81. The highest BCUT2D eigenvalue weighted by atomic mass is 79.9. The monoisotopic (exact) mass is 311 g/mol. The van der Waals surface area contributed by atoms with Crippen molar-refractivity contribution in [2.24, 2.45) is 0 Å². The Hall–Kier alpha value is -1.00. The first-order valence-electron chi connectivity index (χ1n) is 6.21. The van der Waals surface area contributed by atoms with Crippen LogP contribution in [0.15, 0.2) is 29.3 Å². The fourth-order valence-electron chi connectivity index (χ4n) is 1.82. The van der Waals surface area contributed by atoms with Crippen molar-refractivity contribution in [3.8, 4) is 11.5 Å². The van der Waals surface area contributed by atoms with Gasteiger partial charge in [-0.05, 0) is 46.6 Å². The summed E-state index contributed by atoms with van der Waals surface area (Å²) >= 11 is 3.54. The molecule has 0 amide bonds. The van der Waals surface area contributed by atoms with Gasteiger partial charge in [-0.25, -0.2) is 0 Å². The van der Waals surface area contributed by atoms with Crippen molar-refractivity contribution in [2.45, 2.75) is 19.4 Å². The maximum atomic E-state index is 5.70. The number of nitrogens with one attached hydrogen (secondary N) is 1. The smallest absolute Gasteiger partial charge is 0.175 e. The van der Waals surface area contributed by atoms with Crippen LogP contribution in [0.4, 0.5) is 0 Å². The molecular weight excluding hydrogens is 294 g/mol. The minimum Gasteiger partial charge on any atom is -0.490 e. The Kier molecular flexibility index (Phi) is 5.08. The highest BCUT2D eigenvalue weighted by Gasteiger charge is 2.14. The third kappa shape index (κ3) is 3.50. The molecule has 0 unspecified atom stereocenters. The molecule has 1 heterocycles. The summed E-state index contributed by atoms with van der Waals surface area (Å²) in [5, 5.41) is 3.36. The summed E-state index contributed by atoms with van der Waals surface area (Å²) in [5.74, 6) is 1.66. The van der Waals surface area contributed by atoms with E-state index >= 15 is 0 Å². The fourth-order valence-corrected chi connectivity index (χ4v) is 2.43. The zero-order valence-electron chi connectivity index (χ0n) is 10.4. The van der Waals surface area contributed by atoms with E-state index in [1.807, 2.05) is 12.1 Å². The number of benzene rings is 1. The lowest BCUT2D eigenvalue weighted by Gasteiger charge is -2.12. The molecule has 0 atom stereocenters. The molecule has 1 aromatic carbocycles. The van der Waals surface area contributed by atoms with Gasteiger partial charge in [0, 0.05) is 13.0 Å². The standard InChI is InChI=1S/C14H18BrNO2/c1-2-3-5-16-10-11-8-12(15)14-13(9-11)17-6-4-7-18-14/h2,8-9,16H,1,3-7,10H2. The van der Waals surface area contributed by atoms with Crippen LogP contribution >= 0.6 is 15.9 Å². The second-order valence-electron chi connectivity index (χ2n) is 4.21. The average molecular weight is 312 g/mol. The molecule has 0 radical (unpaired) electrons. The van der Waals surface area contributed by atoms with Gasteiger partial charge in [0.25, 0.3) is 0 Å². The Morgan fingerprint density at radius 1 is 1.33 bits per heavy atom. The summed E-state index contributed by atoms with van der Waals surface area (Å²) < 4.78 is 12.3. The normalized spacial score (nSPS) is 14.1. The van der Waals surface area contributed by atoms with Gasteiger partial charge in [-0.1, -0.05) is 6.08 Å². The van der Waals surface area contributed by atoms with Gasteiger partial charge in [0.15, 0.2) is 11.5 Å². The van der Waals surface area contributed by atoms with E-state index < -0.39 is 0 Å². The zero-order chi connectivity index (χ0) is 12.8. The molecule has 4 heteroatoms. The van der Waals surface area contributed by atoms with Crippen LogP contribution in [0.1, 0.15) is 18.4 Å². The number of fused-ring (bicyclic) bond motifs is 1. The van der Waals surface area contributed by atoms with E-state index in [1.54, 1.807) is 0 Å². The quantitative estimate of drug-likeness (QED) is 0.668. The van der Waals surface area contributed by atoms with Crippen LogP contribution in [0, 0.1) is 0 Å². The molecule has 18 heavy (non-hydrogen) atoms. The lowest BCUT2D eigenvalue weighted by Crippen LogP contribution is -2.14. The fraction of sp³-hybridized carbons (Fsp3) is 0.429. The second-order valence-corrected chi connectivity index (χ2v) is 5.06. The predicted molar refractivity (Wildman–Crippen MR) is 76.3 cm³/mol. The van der Waals surface area contributed by atoms with E-state index in [-0.39, 0.29) is 0 Å². The van der Waals surface area contributed by atoms with Crippen LogP contribution < -0.4 is 14.8 Å². The number of hydrogen-bond donors (Lipinski definition) is 1. The molecule has 1 N–H and O–H groups in total. The van der Waals surface area contributed by atoms with Crippen LogP contribution in [0.5, 0.6) is 11.5 Å². The lowest BCUT2D eigenvalue weighted by molar-refractivity contribution is 0.296. The minimum atomic E-state index is 0.711. The third-order valence-electron chi connectivity index (χ3n) is 2.72. The maximum Gasteiger partial charge on any atom is 0.175 e. The lowest BCUT2D eigenvalue weighted by atomic mass is 10.2. The largest absolute Gasteiger partial charge is 0.490 e. The van der Waals surface area contributed by atoms with Gasteiger partial charge in [0.05, 0.1) is 17.7 Å². The van der Waals surface area contributed by atoms with Gasteiger partial charge >= 0.3 is 0 Å². The molecule has 0 bridgehead atoms. The summed E-state index contributed by atoms with van der Waals surface area (Å²) in [6.07, 6.45) is 3.82.